The Morgan fingerprint density at radius 3 is 1.54 bits per heavy atom. The van der Waals surface area contributed by atoms with E-state index in [1.165, 1.54) is 0 Å². The fraction of sp³-hybridized carbons (Fsp3) is 0.800. The van der Waals surface area contributed by atoms with Crippen molar-refractivity contribution in [1.82, 2.24) is 0 Å². The smallest absolute Gasteiger partial charge is 0.303 e. The van der Waals surface area contributed by atoms with Gasteiger partial charge in [-0.05, 0) is 0 Å². The standard InChI is InChI=1S/C5H3F7O/c6-3(7,1-2-13)4(8,9)5(10,11)12/h2H,1H2. The minimum Gasteiger partial charge on any atom is -0.303 e. The van der Waals surface area contributed by atoms with Crippen LogP contribution in [-0.2, 0) is 4.79 Å². The van der Waals surface area contributed by atoms with Crippen LogP contribution in [0.4, 0.5) is 30.7 Å². The highest BCUT2D eigenvalue weighted by atomic mass is 19.4. The predicted octanol–water partition coefficient (Wildman–Crippen LogP) is 2.41. The predicted molar refractivity (Wildman–Crippen MR) is 26.6 cm³/mol. The van der Waals surface area contributed by atoms with E-state index in [-0.39, 0.29) is 0 Å². The highest BCUT2D eigenvalue weighted by Gasteiger charge is 2.72. The van der Waals surface area contributed by atoms with Crippen LogP contribution in [0.3, 0.4) is 0 Å². The fourth-order valence-corrected chi connectivity index (χ4v) is 0.440. The summed E-state index contributed by atoms with van der Waals surface area (Å²) in [4.78, 5) is 9.41. The van der Waals surface area contributed by atoms with Gasteiger partial charge in [0, 0.05) is 0 Å². The lowest BCUT2D eigenvalue weighted by Gasteiger charge is -2.26. The average Bonchev–Trinajstić information content (AvgIpc) is 1.84. The van der Waals surface area contributed by atoms with Crippen molar-refractivity contribution in [2.45, 2.75) is 24.4 Å². The third kappa shape index (κ3) is 2.10. The van der Waals surface area contributed by atoms with E-state index in [4.69, 9.17) is 0 Å². The van der Waals surface area contributed by atoms with Crippen molar-refractivity contribution in [1.29, 1.82) is 0 Å². The first-order valence-corrected chi connectivity index (χ1v) is 2.82. The summed E-state index contributed by atoms with van der Waals surface area (Å²) in [7, 11) is 0. The zero-order valence-electron chi connectivity index (χ0n) is 5.84. The number of alkyl halides is 7. The zero-order chi connectivity index (χ0) is 10.9. The van der Waals surface area contributed by atoms with Crippen molar-refractivity contribution in [3.8, 4) is 0 Å². The molecule has 0 amide bonds. The van der Waals surface area contributed by atoms with Crippen molar-refractivity contribution in [2.24, 2.45) is 0 Å². The van der Waals surface area contributed by atoms with Crippen LogP contribution in [0.5, 0.6) is 0 Å². The number of rotatable bonds is 3. The summed E-state index contributed by atoms with van der Waals surface area (Å²) in [5, 5.41) is 0. The Morgan fingerprint density at radius 1 is 0.923 bits per heavy atom. The molecule has 0 N–H and O–H groups in total. The molecule has 0 fully saturated rings. The van der Waals surface area contributed by atoms with Crippen molar-refractivity contribution >= 4 is 6.29 Å². The number of carbonyl (C=O) groups excluding carboxylic acids is 1. The largest absolute Gasteiger partial charge is 0.459 e. The van der Waals surface area contributed by atoms with Crippen LogP contribution in [0, 0.1) is 0 Å². The summed E-state index contributed by atoms with van der Waals surface area (Å²) in [6, 6.07) is 0. The normalized spacial score (nSPS) is 14.4. The molecule has 0 aliphatic rings. The second kappa shape index (κ2) is 3.15. The van der Waals surface area contributed by atoms with E-state index in [1.54, 1.807) is 0 Å². The van der Waals surface area contributed by atoms with Gasteiger partial charge in [-0.1, -0.05) is 0 Å². The summed E-state index contributed by atoms with van der Waals surface area (Å²) in [6.07, 6.45) is -9.22. The summed E-state index contributed by atoms with van der Waals surface area (Å²) in [5.74, 6) is -11.6. The number of hydrogen-bond donors (Lipinski definition) is 0. The zero-order valence-corrected chi connectivity index (χ0v) is 5.84. The van der Waals surface area contributed by atoms with Crippen molar-refractivity contribution in [3.63, 3.8) is 0 Å². The Labute approximate surface area is 67.5 Å². The molecule has 0 bridgehead atoms. The van der Waals surface area contributed by atoms with Gasteiger partial charge in [0.05, 0.1) is 6.42 Å². The maximum Gasteiger partial charge on any atom is 0.459 e. The minimum atomic E-state index is -6.36. The molecule has 0 radical (unpaired) electrons. The molecule has 13 heavy (non-hydrogen) atoms. The molecule has 0 heterocycles. The van der Waals surface area contributed by atoms with E-state index in [0.29, 0.717) is 0 Å². The molecule has 0 aliphatic carbocycles. The Bertz CT molecular complexity index is 194. The first kappa shape index (κ1) is 12.2. The van der Waals surface area contributed by atoms with Gasteiger partial charge in [0.2, 0.25) is 0 Å². The first-order valence-electron chi connectivity index (χ1n) is 2.82. The quantitative estimate of drug-likeness (QED) is 0.518. The Morgan fingerprint density at radius 2 is 1.31 bits per heavy atom. The van der Waals surface area contributed by atoms with E-state index in [9.17, 15) is 35.5 Å². The molecule has 0 aromatic rings. The van der Waals surface area contributed by atoms with Crippen LogP contribution >= 0.6 is 0 Å². The minimum absolute atomic E-state index is 0.695. The first-order chi connectivity index (χ1) is 5.56. The van der Waals surface area contributed by atoms with Gasteiger partial charge in [-0.15, -0.1) is 0 Å². The van der Waals surface area contributed by atoms with Crippen LogP contribution < -0.4 is 0 Å². The van der Waals surface area contributed by atoms with Gasteiger partial charge >= 0.3 is 18.0 Å². The topological polar surface area (TPSA) is 17.1 Å². The lowest BCUT2D eigenvalue weighted by Crippen LogP contribution is -2.52. The number of carbonyl (C=O) groups is 1. The molecule has 0 spiro atoms. The van der Waals surface area contributed by atoms with Gasteiger partial charge in [0.1, 0.15) is 6.29 Å². The molecular formula is C5H3F7O. The van der Waals surface area contributed by atoms with Crippen LogP contribution in [0.25, 0.3) is 0 Å². The van der Waals surface area contributed by atoms with E-state index < -0.39 is 30.7 Å². The highest BCUT2D eigenvalue weighted by molar-refractivity contribution is 5.51. The van der Waals surface area contributed by atoms with Crippen molar-refractivity contribution in [3.05, 3.63) is 0 Å². The second-order valence-corrected chi connectivity index (χ2v) is 2.15. The molecule has 1 nitrogen and oxygen atoms in total. The van der Waals surface area contributed by atoms with E-state index >= 15 is 0 Å². The maximum absolute atomic E-state index is 12.0. The third-order valence-electron chi connectivity index (χ3n) is 1.16. The molecule has 78 valence electrons. The van der Waals surface area contributed by atoms with Gasteiger partial charge in [-0.2, -0.15) is 30.7 Å². The molecular weight excluding hydrogens is 209 g/mol. The Kier molecular flexibility index (Phi) is 2.95. The Hall–Kier alpha value is -0.820. The fourth-order valence-electron chi connectivity index (χ4n) is 0.440. The lowest BCUT2D eigenvalue weighted by atomic mass is 10.1. The molecule has 0 aliphatic heterocycles. The van der Waals surface area contributed by atoms with Gasteiger partial charge in [0.15, 0.2) is 0 Å². The van der Waals surface area contributed by atoms with Gasteiger partial charge in [-0.3, -0.25) is 0 Å². The number of halogens is 7. The SMILES string of the molecule is O=CCC(F)(F)C(F)(F)C(F)(F)F. The van der Waals surface area contributed by atoms with Crippen LogP contribution in [0.15, 0.2) is 0 Å². The number of aldehydes is 1. The molecule has 0 atom stereocenters. The highest BCUT2D eigenvalue weighted by Crippen LogP contribution is 2.47. The van der Waals surface area contributed by atoms with Crippen LogP contribution in [0.1, 0.15) is 6.42 Å². The molecule has 0 saturated heterocycles. The summed E-state index contributed by atoms with van der Waals surface area (Å²) >= 11 is 0. The lowest BCUT2D eigenvalue weighted by molar-refractivity contribution is -0.353. The van der Waals surface area contributed by atoms with Gasteiger partial charge < -0.3 is 4.79 Å². The summed E-state index contributed by atoms with van der Waals surface area (Å²) in [5.41, 5.74) is 0. The molecule has 0 aromatic carbocycles. The molecule has 0 rings (SSSR count). The number of hydrogen-bond acceptors (Lipinski definition) is 1. The van der Waals surface area contributed by atoms with Crippen LogP contribution in [0.2, 0.25) is 0 Å². The van der Waals surface area contributed by atoms with Crippen molar-refractivity contribution in [2.75, 3.05) is 0 Å². The van der Waals surface area contributed by atoms with Gasteiger partial charge in [0.25, 0.3) is 0 Å². The second-order valence-electron chi connectivity index (χ2n) is 2.15. The molecule has 0 unspecified atom stereocenters. The summed E-state index contributed by atoms with van der Waals surface area (Å²) in [6.45, 7) is 0. The van der Waals surface area contributed by atoms with Crippen LogP contribution in [-0.4, -0.2) is 24.3 Å². The van der Waals surface area contributed by atoms with E-state index in [2.05, 4.69) is 0 Å². The third-order valence-corrected chi connectivity index (χ3v) is 1.16. The average molecular weight is 212 g/mol. The summed E-state index contributed by atoms with van der Waals surface area (Å²) < 4.78 is 81.6. The van der Waals surface area contributed by atoms with E-state index in [1.807, 2.05) is 0 Å². The molecule has 0 aromatic heterocycles. The maximum atomic E-state index is 12.0. The monoisotopic (exact) mass is 212 g/mol. The van der Waals surface area contributed by atoms with Gasteiger partial charge in [-0.25, -0.2) is 0 Å². The van der Waals surface area contributed by atoms with Crippen molar-refractivity contribution < 1.29 is 35.5 Å². The van der Waals surface area contributed by atoms with E-state index in [0.717, 1.165) is 0 Å². The molecule has 8 heteroatoms. The Balaban J connectivity index is 4.91. The molecule has 0 saturated carbocycles.